The zero-order valence-electron chi connectivity index (χ0n) is 25.0. The van der Waals surface area contributed by atoms with Gasteiger partial charge in [-0.3, -0.25) is 20.0 Å². The Kier molecular flexibility index (Phi) is 6.36. The topological polar surface area (TPSA) is 63.4 Å². The lowest BCUT2D eigenvalue weighted by Crippen LogP contribution is -2.42. The van der Waals surface area contributed by atoms with Gasteiger partial charge in [-0.05, 0) is 90.8 Å². The second-order valence-electron chi connectivity index (χ2n) is 12.6. The summed E-state index contributed by atoms with van der Waals surface area (Å²) < 4.78 is 0. The van der Waals surface area contributed by atoms with Crippen molar-refractivity contribution in [2.24, 2.45) is 33.7 Å². The first-order valence-electron chi connectivity index (χ1n) is 16.1. The predicted octanol–water partition coefficient (Wildman–Crippen LogP) is 8.43. The number of hydrogen-bond acceptors (Lipinski definition) is 5. The number of rotatable bonds is 4. The smallest absolute Gasteiger partial charge is 0.0961 e. The molecule has 2 aliphatic heterocycles. The van der Waals surface area contributed by atoms with E-state index >= 15 is 0 Å². The fraction of sp³-hybridized carbons (Fsp3) is 0.225. The Bertz CT molecular complexity index is 1970. The number of aliphatic imine (C=N–C) groups is 2. The Hall–Kier alpha value is -5.03. The van der Waals surface area contributed by atoms with E-state index in [1.807, 2.05) is 42.7 Å². The fourth-order valence-corrected chi connectivity index (χ4v) is 7.94. The molecule has 1 fully saturated rings. The summed E-state index contributed by atoms with van der Waals surface area (Å²) in [4.78, 5) is 24.8. The van der Waals surface area contributed by atoms with Crippen molar-refractivity contribution in [3.63, 3.8) is 0 Å². The Morgan fingerprint density at radius 3 is 2.51 bits per heavy atom. The van der Waals surface area contributed by atoms with Crippen LogP contribution in [-0.2, 0) is 0 Å². The molecule has 5 unspecified atom stereocenters. The van der Waals surface area contributed by atoms with Crippen LogP contribution in [0.2, 0.25) is 0 Å². The van der Waals surface area contributed by atoms with E-state index in [2.05, 4.69) is 88.9 Å². The van der Waals surface area contributed by atoms with Crippen molar-refractivity contribution in [3.05, 3.63) is 155 Å². The van der Waals surface area contributed by atoms with Crippen LogP contribution in [0.1, 0.15) is 43.1 Å². The van der Waals surface area contributed by atoms with Gasteiger partial charge in [0.25, 0.3) is 0 Å². The van der Waals surface area contributed by atoms with Crippen LogP contribution in [0.3, 0.4) is 0 Å². The number of hydrogen-bond donors (Lipinski definition) is 0. The van der Waals surface area contributed by atoms with Gasteiger partial charge in [-0.1, -0.05) is 72.4 Å². The predicted molar refractivity (Wildman–Crippen MR) is 180 cm³/mol. The first-order valence-corrected chi connectivity index (χ1v) is 16.1. The maximum absolute atomic E-state index is 5.36. The summed E-state index contributed by atoms with van der Waals surface area (Å²) in [5.41, 5.74) is 12.8. The molecule has 0 spiro atoms. The maximum atomic E-state index is 5.36. The summed E-state index contributed by atoms with van der Waals surface area (Å²) in [7, 11) is 0. The van der Waals surface area contributed by atoms with E-state index in [0.29, 0.717) is 11.8 Å². The van der Waals surface area contributed by atoms with Crippen LogP contribution in [0.15, 0.2) is 154 Å². The molecule has 9 rings (SSSR count). The molecule has 218 valence electrons. The van der Waals surface area contributed by atoms with Crippen LogP contribution in [0.4, 0.5) is 0 Å². The van der Waals surface area contributed by atoms with Crippen LogP contribution in [0, 0.1) is 23.7 Å². The molecular weight excluding hydrogens is 550 g/mol. The Morgan fingerprint density at radius 2 is 1.62 bits per heavy atom. The molecule has 4 aliphatic carbocycles. The van der Waals surface area contributed by atoms with Gasteiger partial charge in [0.15, 0.2) is 0 Å². The highest BCUT2D eigenvalue weighted by Gasteiger charge is 2.49. The van der Waals surface area contributed by atoms with E-state index in [0.717, 1.165) is 59.7 Å². The normalized spacial score (nSPS) is 27.7. The first kappa shape index (κ1) is 26.4. The Labute approximate surface area is 263 Å². The van der Waals surface area contributed by atoms with Crippen LogP contribution >= 0.6 is 0 Å². The molecule has 1 saturated carbocycles. The highest BCUT2D eigenvalue weighted by Crippen LogP contribution is 2.54. The van der Waals surface area contributed by atoms with Crippen LogP contribution in [0.25, 0.3) is 17.0 Å². The minimum atomic E-state index is 0.0533. The number of aromatic nitrogens is 3. The third kappa shape index (κ3) is 4.57. The number of nitrogens with zero attached hydrogens (tertiary/aromatic N) is 5. The molecule has 0 aromatic carbocycles. The molecule has 0 saturated heterocycles. The number of allylic oxidation sites excluding steroid dienone is 13. The minimum absolute atomic E-state index is 0.0533. The highest BCUT2D eigenvalue weighted by atomic mass is 14.9. The second kappa shape index (κ2) is 10.8. The van der Waals surface area contributed by atoms with Gasteiger partial charge < -0.3 is 0 Å². The van der Waals surface area contributed by atoms with Crippen LogP contribution in [-0.4, -0.2) is 26.4 Å². The van der Waals surface area contributed by atoms with Gasteiger partial charge >= 0.3 is 0 Å². The third-order valence-corrected chi connectivity index (χ3v) is 10.0. The van der Waals surface area contributed by atoms with Crippen molar-refractivity contribution in [1.29, 1.82) is 0 Å². The standard InChI is InChI=1S/C40H33N5/c1-2-10-34-29(9-1)39-27-19-17-25(32-13-7-15-37(43-32)35-11-3-5-21-41-35)23-30(27)31-24-26(18-20-28(31)40(39)45-34)33-14-8-16-38(44-33)36-12-4-6-22-42-36/h1,3-9,11-14,16-18,20-24,27-28,31,37,39H,2,10,15,19H2. The summed E-state index contributed by atoms with van der Waals surface area (Å²) in [5.74, 6) is 1.19. The van der Waals surface area contributed by atoms with Gasteiger partial charge in [-0.2, -0.15) is 0 Å². The van der Waals surface area contributed by atoms with Crippen molar-refractivity contribution in [1.82, 2.24) is 15.0 Å². The number of fused-ring (bicyclic) bond motifs is 7. The zero-order valence-corrected chi connectivity index (χ0v) is 25.0. The van der Waals surface area contributed by atoms with E-state index in [1.165, 1.54) is 28.1 Å². The molecule has 5 nitrogen and oxygen atoms in total. The summed E-state index contributed by atoms with van der Waals surface area (Å²) in [6.07, 6.45) is 28.8. The Balaban J connectivity index is 1.12. The van der Waals surface area contributed by atoms with Crippen molar-refractivity contribution in [3.8, 4) is 11.4 Å². The number of dihydropyridines is 1. The summed E-state index contributed by atoms with van der Waals surface area (Å²) in [5, 5.41) is 0. The molecule has 6 aliphatic rings. The molecule has 5 heteroatoms. The molecule has 5 heterocycles. The van der Waals surface area contributed by atoms with Crippen molar-refractivity contribution in [2.45, 2.75) is 31.7 Å². The average Bonchev–Trinajstić information content (AvgIpc) is 3.52. The lowest BCUT2D eigenvalue weighted by molar-refractivity contribution is 0.421. The Morgan fingerprint density at radius 1 is 0.733 bits per heavy atom. The molecule has 0 bridgehead atoms. The lowest BCUT2D eigenvalue weighted by atomic mass is 9.58. The summed E-state index contributed by atoms with van der Waals surface area (Å²) in [6, 6.07) is 18.4. The van der Waals surface area contributed by atoms with Gasteiger partial charge in [-0.15, -0.1) is 0 Å². The van der Waals surface area contributed by atoms with Crippen molar-refractivity contribution in [2.75, 3.05) is 0 Å². The van der Waals surface area contributed by atoms with Gasteiger partial charge in [-0.25, -0.2) is 4.98 Å². The molecular formula is C40H33N5. The maximum Gasteiger partial charge on any atom is 0.0961 e. The molecule has 0 amide bonds. The fourth-order valence-electron chi connectivity index (χ4n) is 7.94. The minimum Gasteiger partial charge on any atom is -0.275 e. The van der Waals surface area contributed by atoms with Gasteiger partial charge in [0.1, 0.15) is 0 Å². The monoisotopic (exact) mass is 583 g/mol. The molecule has 0 radical (unpaired) electrons. The number of pyridine rings is 3. The second-order valence-corrected chi connectivity index (χ2v) is 12.6. The van der Waals surface area contributed by atoms with Gasteiger partial charge in [0.2, 0.25) is 0 Å². The molecule has 3 aromatic heterocycles. The lowest BCUT2D eigenvalue weighted by Gasteiger charge is -2.44. The van der Waals surface area contributed by atoms with E-state index in [-0.39, 0.29) is 17.9 Å². The molecule has 45 heavy (non-hydrogen) atoms. The molecule has 0 N–H and O–H groups in total. The average molecular weight is 584 g/mol. The largest absolute Gasteiger partial charge is 0.275 e. The van der Waals surface area contributed by atoms with E-state index in [4.69, 9.17) is 15.0 Å². The first-order chi connectivity index (χ1) is 22.3. The van der Waals surface area contributed by atoms with E-state index < -0.39 is 0 Å². The zero-order chi connectivity index (χ0) is 29.7. The van der Waals surface area contributed by atoms with Gasteiger partial charge in [0, 0.05) is 41.6 Å². The van der Waals surface area contributed by atoms with E-state index in [9.17, 15) is 0 Å². The highest BCUT2D eigenvalue weighted by molar-refractivity contribution is 6.11. The summed E-state index contributed by atoms with van der Waals surface area (Å²) >= 11 is 0. The third-order valence-electron chi connectivity index (χ3n) is 10.0. The molecule has 5 atom stereocenters. The van der Waals surface area contributed by atoms with Crippen molar-refractivity contribution < 1.29 is 0 Å². The molecule has 3 aromatic rings. The summed E-state index contributed by atoms with van der Waals surface area (Å²) in [6.45, 7) is 0. The van der Waals surface area contributed by atoms with E-state index in [1.54, 1.807) is 0 Å². The van der Waals surface area contributed by atoms with Crippen LogP contribution in [0.5, 0.6) is 0 Å². The van der Waals surface area contributed by atoms with Gasteiger partial charge in [0.05, 0.1) is 34.5 Å². The SMILES string of the molecule is C1=CC2=C(CC1)N=C1C3C=CC(c4cccc(-c5ccccn5)n4)=CC3C3=CC(C4=NC(c5ccccn5)CC=C4)=CCC3C12. The van der Waals surface area contributed by atoms with Crippen LogP contribution < -0.4 is 0 Å². The van der Waals surface area contributed by atoms with Crippen molar-refractivity contribution >= 4 is 17.0 Å². The quantitative estimate of drug-likeness (QED) is 0.310.